The van der Waals surface area contributed by atoms with Crippen LogP contribution in [0.4, 0.5) is 0 Å². The number of hydrogen-bond donors (Lipinski definition) is 0. The molecule has 0 amide bonds. The van der Waals surface area contributed by atoms with Crippen LogP contribution in [0.25, 0.3) is 188 Å². The van der Waals surface area contributed by atoms with Gasteiger partial charge in [0.15, 0.2) is 0 Å². The monoisotopic (exact) mass is 1070 g/mol. The maximum Gasteiger partial charge on any atom is 0.0159 e. The van der Waals surface area contributed by atoms with E-state index in [1.54, 1.807) is 0 Å². The van der Waals surface area contributed by atoms with Crippen molar-refractivity contribution in [2.75, 3.05) is 0 Å². The molecule has 0 fully saturated rings. The molecule has 0 aromatic heterocycles. The molecule has 0 atom stereocenters. The summed E-state index contributed by atoms with van der Waals surface area (Å²) in [6.45, 7) is 4.79. The largest absolute Gasteiger partial charge is 0.0610 e. The van der Waals surface area contributed by atoms with E-state index in [1.165, 1.54) is 199 Å². The highest BCUT2D eigenvalue weighted by Crippen LogP contribution is 2.55. The van der Waals surface area contributed by atoms with E-state index in [4.69, 9.17) is 0 Å². The normalized spacial score (nSPS) is 13.2. The zero-order valence-electron chi connectivity index (χ0n) is 47.1. The lowest BCUT2D eigenvalue weighted by Gasteiger charge is -2.23. The zero-order chi connectivity index (χ0) is 55.8. The first-order valence-electron chi connectivity index (χ1n) is 30.0. The minimum absolute atomic E-state index is 0.103. The van der Waals surface area contributed by atoms with E-state index >= 15 is 0 Å². The second kappa shape index (κ2) is 17.2. The van der Waals surface area contributed by atoms with Crippen molar-refractivity contribution in [3.8, 4) is 145 Å². The van der Waals surface area contributed by atoms with Gasteiger partial charge in [0.1, 0.15) is 0 Å². The first kappa shape index (κ1) is 46.9. The Balaban J connectivity index is 0.000000128. The molecule has 0 heterocycles. The van der Waals surface area contributed by atoms with E-state index in [0.717, 1.165) is 0 Å². The molecule has 0 aliphatic heterocycles. The summed E-state index contributed by atoms with van der Waals surface area (Å²) in [6, 6.07) is 105. The van der Waals surface area contributed by atoms with Crippen LogP contribution in [0.2, 0.25) is 0 Å². The highest BCUT2D eigenvalue weighted by molar-refractivity contribution is 6.19. The Morgan fingerprint density at radius 1 is 0.165 bits per heavy atom. The van der Waals surface area contributed by atoms with E-state index in [9.17, 15) is 0 Å². The molecule has 0 heteroatoms. The maximum absolute atomic E-state index is 2.45. The molecule has 5 aliphatic carbocycles. The van der Waals surface area contributed by atoms with Crippen LogP contribution in [0.15, 0.2) is 279 Å². The molecule has 15 aromatic carbocycles. The van der Waals surface area contributed by atoms with Gasteiger partial charge in [0.2, 0.25) is 0 Å². The highest BCUT2D eigenvalue weighted by Gasteiger charge is 2.36. The molecule has 20 rings (SSSR count). The fourth-order valence-electron chi connectivity index (χ4n) is 15.8. The van der Waals surface area contributed by atoms with Crippen molar-refractivity contribution in [1.29, 1.82) is 0 Å². The summed E-state index contributed by atoms with van der Waals surface area (Å²) in [5.74, 6) is 0. The zero-order valence-corrected chi connectivity index (χ0v) is 47.1. The van der Waals surface area contributed by atoms with Gasteiger partial charge in [-0.1, -0.05) is 257 Å². The van der Waals surface area contributed by atoms with Crippen molar-refractivity contribution in [3.05, 3.63) is 290 Å². The molecule has 0 radical (unpaired) electrons. The standard InChI is InChI=1S/C47H30.C38H22/c1-47(2)43-25-31(29-15-19-33-37-11-3-7-27-9-5-13-39(45(27)37)41(33)23-29)17-21-35(43)36-22-18-32(26-44(36)47)30-16-20-34-38-12-4-8-28-10-6-14-40(46(28)38)42(34)24-30;1-5-25-7-3-11-33-35-21-27(17-19-29(35)31(9-1)37(25)33)23-13-15-24(16-14-23)28-18-20-30-32-10-2-6-26-8-4-12-34(38(26)32)36(30)22-28/h3-26H,1-2H3;1-22H. The van der Waals surface area contributed by atoms with Crippen molar-refractivity contribution in [1.82, 2.24) is 0 Å². The van der Waals surface area contributed by atoms with E-state index in [0.29, 0.717) is 0 Å². The molecular formula is C85H52. The van der Waals surface area contributed by atoms with E-state index in [-0.39, 0.29) is 5.41 Å². The van der Waals surface area contributed by atoms with Crippen LogP contribution in [0.3, 0.4) is 0 Å². The number of benzene rings is 15. The average molecular weight is 1070 g/mol. The van der Waals surface area contributed by atoms with Crippen LogP contribution in [0, 0.1) is 0 Å². The fraction of sp³-hybridized carbons (Fsp3) is 0.0353. The summed E-state index contributed by atoms with van der Waals surface area (Å²) >= 11 is 0. The van der Waals surface area contributed by atoms with Gasteiger partial charge in [-0.15, -0.1) is 0 Å². The van der Waals surface area contributed by atoms with Gasteiger partial charge in [0, 0.05) is 5.41 Å². The van der Waals surface area contributed by atoms with Crippen molar-refractivity contribution in [3.63, 3.8) is 0 Å². The van der Waals surface area contributed by atoms with Gasteiger partial charge in [0.05, 0.1) is 0 Å². The third-order valence-electron chi connectivity index (χ3n) is 19.9. The first-order chi connectivity index (χ1) is 41.9. The maximum atomic E-state index is 2.45. The van der Waals surface area contributed by atoms with Crippen LogP contribution in [-0.2, 0) is 5.41 Å². The second-order valence-corrected chi connectivity index (χ2v) is 24.6. The van der Waals surface area contributed by atoms with Crippen molar-refractivity contribution in [2.45, 2.75) is 19.3 Å². The van der Waals surface area contributed by atoms with E-state index < -0.39 is 0 Å². The van der Waals surface area contributed by atoms with Gasteiger partial charge in [-0.25, -0.2) is 0 Å². The molecule has 0 N–H and O–H groups in total. The molecule has 0 nitrogen and oxygen atoms in total. The average Bonchev–Trinajstić information content (AvgIpc) is 2.48. The van der Waals surface area contributed by atoms with Crippen LogP contribution < -0.4 is 0 Å². The molecule has 15 aromatic rings. The SMILES string of the molecule is CC1(C)c2cc(-c3ccc4c(c3)-c3cccc5cccc-4c35)ccc2-c2ccc(-c3ccc4c(c3)-c3cccc5cccc-4c35)cc21.c1cc2c3c(cccc3c1)-c1cc(-c3ccc(-c4ccc5c(c4)-c4cccc6cccc-5c46)cc3)ccc1-2. The molecular weight excluding hydrogens is 1020 g/mol. The molecule has 5 aliphatic rings. The first-order valence-corrected chi connectivity index (χ1v) is 30.0. The lowest BCUT2D eigenvalue weighted by Crippen LogP contribution is -2.15. The van der Waals surface area contributed by atoms with Crippen LogP contribution in [0.1, 0.15) is 25.0 Å². The lowest BCUT2D eigenvalue weighted by molar-refractivity contribution is 0.661. The van der Waals surface area contributed by atoms with Gasteiger partial charge < -0.3 is 0 Å². The van der Waals surface area contributed by atoms with Crippen molar-refractivity contribution in [2.24, 2.45) is 0 Å². The van der Waals surface area contributed by atoms with Gasteiger partial charge >= 0.3 is 0 Å². The van der Waals surface area contributed by atoms with Crippen LogP contribution in [-0.4, -0.2) is 0 Å². The van der Waals surface area contributed by atoms with E-state index in [1.807, 2.05) is 0 Å². The summed E-state index contributed by atoms with van der Waals surface area (Å²) < 4.78 is 0. The summed E-state index contributed by atoms with van der Waals surface area (Å²) in [5.41, 5.74) is 37.1. The third-order valence-corrected chi connectivity index (χ3v) is 19.9. The Bertz CT molecular complexity index is 5130. The molecule has 0 bridgehead atoms. The molecule has 0 saturated heterocycles. The van der Waals surface area contributed by atoms with Gasteiger partial charge in [-0.05, 0) is 235 Å². The second-order valence-electron chi connectivity index (χ2n) is 24.6. The summed E-state index contributed by atoms with van der Waals surface area (Å²) in [6.07, 6.45) is 0. The minimum Gasteiger partial charge on any atom is -0.0610 e. The Morgan fingerprint density at radius 2 is 0.365 bits per heavy atom. The Labute approximate surface area is 494 Å². The van der Waals surface area contributed by atoms with Crippen LogP contribution in [0.5, 0.6) is 0 Å². The Hall–Kier alpha value is -10.7. The summed E-state index contributed by atoms with van der Waals surface area (Å²) in [5, 5.41) is 10.8. The summed E-state index contributed by atoms with van der Waals surface area (Å²) in [7, 11) is 0. The minimum atomic E-state index is -0.103. The topological polar surface area (TPSA) is 0 Å². The number of fused-ring (bicyclic) bond motifs is 15. The third kappa shape index (κ3) is 6.63. The molecule has 0 unspecified atom stereocenters. The summed E-state index contributed by atoms with van der Waals surface area (Å²) in [4.78, 5) is 0. The smallest absolute Gasteiger partial charge is 0.0159 e. The van der Waals surface area contributed by atoms with Gasteiger partial charge in [-0.3, -0.25) is 0 Å². The number of rotatable bonds is 4. The quantitative estimate of drug-likeness (QED) is 0.165. The van der Waals surface area contributed by atoms with Crippen molar-refractivity contribution >= 4 is 43.1 Å². The lowest BCUT2D eigenvalue weighted by atomic mass is 9.80. The fourth-order valence-corrected chi connectivity index (χ4v) is 15.8. The molecule has 392 valence electrons. The van der Waals surface area contributed by atoms with Gasteiger partial charge in [-0.2, -0.15) is 0 Å². The molecule has 0 saturated carbocycles. The Kier molecular flexibility index (Phi) is 9.49. The molecule has 0 spiro atoms. The predicted molar refractivity (Wildman–Crippen MR) is 360 cm³/mol. The Morgan fingerprint density at radius 3 is 0.624 bits per heavy atom. The predicted octanol–water partition coefficient (Wildman–Crippen LogP) is 23.5. The highest BCUT2D eigenvalue weighted by atomic mass is 14.4. The molecule has 85 heavy (non-hydrogen) atoms. The van der Waals surface area contributed by atoms with Gasteiger partial charge in [0.25, 0.3) is 0 Å². The van der Waals surface area contributed by atoms with Crippen LogP contribution >= 0.6 is 0 Å². The van der Waals surface area contributed by atoms with E-state index in [2.05, 4.69) is 293 Å². The van der Waals surface area contributed by atoms with Crippen molar-refractivity contribution < 1.29 is 0 Å². The number of hydrogen-bond acceptors (Lipinski definition) is 0.